The second-order valence-corrected chi connectivity index (χ2v) is 11.8. The van der Waals surface area contributed by atoms with Gasteiger partial charge >= 0.3 is 5.97 Å². The number of carbonyl (C=O) groups excluding carboxylic acids is 1. The average molecular weight is 548 g/mol. The van der Waals surface area contributed by atoms with Gasteiger partial charge in [0, 0.05) is 29.7 Å². The van der Waals surface area contributed by atoms with Gasteiger partial charge in [-0.25, -0.2) is 9.88 Å². The standard InChI is InChI=1S/C30H34N3O5P/c34-29(32-28(30(35)36)20-24-21-31-26-17-8-7-16-25(24)26)27(19-23-14-5-2-6-15-23)33-39(37,38)18-10-9-13-22-11-3-1-4-12-22/h1-8,11-12,14-17,21,27-28,31H,9-10,13,18-20H2,(H,32,34)(H,35,36)(H2,33,37,38)/t27-,28-/m0/s1. The molecule has 0 aliphatic carbocycles. The van der Waals surface area contributed by atoms with Gasteiger partial charge in [-0.2, -0.15) is 0 Å². The third-order valence-electron chi connectivity index (χ3n) is 6.69. The summed E-state index contributed by atoms with van der Waals surface area (Å²) in [6.45, 7) is 0. The van der Waals surface area contributed by atoms with E-state index in [2.05, 4.69) is 15.4 Å². The van der Waals surface area contributed by atoms with Gasteiger partial charge in [-0.3, -0.25) is 9.36 Å². The topological polar surface area (TPSA) is 132 Å². The van der Waals surface area contributed by atoms with Crippen LogP contribution >= 0.6 is 7.52 Å². The van der Waals surface area contributed by atoms with Gasteiger partial charge in [-0.05, 0) is 48.4 Å². The molecule has 1 heterocycles. The van der Waals surface area contributed by atoms with Gasteiger partial charge in [-0.1, -0.05) is 78.9 Å². The summed E-state index contributed by atoms with van der Waals surface area (Å²) in [4.78, 5) is 39.3. The minimum Gasteiger partial charge on any atom is -0.480 e. The molecular formula is C30H34N3O5P. The van der Waals surface area contributed by atoms with E-state index in [-0.39, 0.29) is 19.0 Å². The monoisotopic (exact) mass is 547 g/mol. The molecule has 0 aliphatic heterocycles. The Morgan fingerprint density at radius 1 is 0.821 bits per heavy atom. The van der Waals surface area contributed by atoms with Crippen LogP contribution in [0.15, 0.2) is 91.1 Å². The highest BCUT2D eigenvalue weighted by Gasteiger charge is 2.31. The zero-order valence-electron chi connectivity index (χ0n) is 21.6. The first-order valence-electron chi connectivity index (χ1n) is 13.1. The van der Waals surface area contributed by atoms with Crippen LogP contribution in [0.1, 0.15) is 29.5 Å². The number of carbonyl (C=O) groups is 2. The van der Waals surface area contributed by atoms with Crippen LogP contribution in [0.3, 0.4) is 0 Å². The number of aromatic amines is 1. The summed E-state index contributed by atoms with van der Waals surface area (Å²) in [5, 5.41) is 16.0. The number of amides is 1. The van der Waals surface area contributed by atoms with Gasteiger partial charge < -0.3 is 20.3 Å². The first kappa shape index (κ1) is 28.3. The van der Waals surface area contributed by atoms with Crippen LogP contribution in [0.5, 0.6) is 0 Å². The number of nitrogens with one attached hydrogen (secondary N) is 3. The maximum absolute atomic E-state index is 13.4. The molecule has 0 fully saturated rings. The first-order chi connectivity index (χ1) is 18.8. The van der Waals surface area contributed by atoms with E-state index in [1.54, 1.807) is 6.20 Å². The van der Waals surface area contributed by atoms with Gasteiger partial charge in [0.2, 0.25) is 5.91 Å². The summed E-state index contributed by atoms with van der Waals surface area (Å²) in [6.07, 6.45) is 3.99. The third kappa shape index (κ3) is 8.39. The zero-order chi connectivity index (χ0) is 27.7. The van der Waals surface area contributed by atoms with Crippen molar-refractivity contribution >= 4 is 30.3 Å². The number of carboxylic acid groups (broad SMARTS) is 1. The molecule has 1 unspecified atom stereocenters. The molecule has 4 rings (SSSR count). The molecule has 0 spiro atoms. The van der Waals surface area contributed by atoms with Crippen LogP contribution in [0, 0.1) is 0 Å². The van der Waals surface area contributed by atoms with Crippen LogP contribution in [0.25, 0.3) is 10.9 Å². The van der Waals surface area contributed by atoms with Crippen molar-refractivity contribution in [2.45, 2.75) is 44.2 Å². The number of carboxylic acids is 1. The van der Waals surface area contributed by atoms with E-state index in [0.717, 1.165) is 40.4 Å². The van der Waals surface area contributed by atoms with Gasteiger partial charge in [0.25, 0.3) is 7.52 Å². The van der Waals surface area contributed by atoms with Gasteiger partial charge in [0.15, 0.2) is 0 Å². The Kier molecular flexibility index (Phi) is 9.71. The lowest BCUT2D eigenvalue weighted by atomic mass is 10.0. The van der Waals surface area contributed by atoms with Gasteiger partial charge in [0.1, 0.15) is 6.04 Å². The molecule has 3 aromatic carbocycles. The second-order valence-electron chi connectivity index (χ2n) is 9.70. The molecule has 8 nitrogen and oxygen atoms in total. The van der Waals surface area contributed by atoms with Crippen molar-refractivity contribution in [3.8, 4) is 0 Å². The normalized spacial score (nSPS) is 14.4. The third-order valence-corrected chi connectivity index (χ3v) is 8.33. The molecule has 9 heteroatoms. The lowest BCUT2D eigenvalue weighted by Crippen LogP contribution is -2.51. The van der Waals surface area contributed by atoms with Crippen molar-refractivity contribution in [1.82, 2.24) is 15.4 Å². The van der Waals surface area contributed by atoms with Gasteiger partial charge in [0.05, 0.1) is 6.04 Å². The van der Waals surface area contributed by atoms with E-state index in [0.29, 0.717) is 6.42 Å². The Hall–Kier alpha value is -3.71. The van der Waals surface area contributed by atoms with E-state index >= 15 is 0 Å². The predicted molar refractivity (Wildman–Crippen MR) is 153 cm³/mol. The maximum Gasteiger partial charge on any atom is 0.326 e. The minimum absolute atomic E-state index is 0.0100. The van der Waals surface area contributed by atoms with E-state index in [1.807, 2.05) is 84.9 Å². The van der Waals surface area contributed by atoms with E-state index < -0.39 is 31.5 Å². The summed E-state index contributed by atoms with van der Waals surface area (Å²) in [7, 11) is -3.88. The average Bonchev–Trinajstić information content (AvgIpc) is 3.34. The number of benzene rings is 3. The minimum atomic E-state index is -3.88. The Morgan fingerprint density at radius 2 is 1.46 bits per heavy atom. The van der Waals surface area contributed by atoms with Crippen LogP contribution in [0.4, 0.5) is 0 Å². The summed E-state index contributed by atoms with van der Waals surface area (Å²) in [5.74, 6) is -1.81. The zero-order valence-corrected chi connectivity index (χ0v) is 22.5. The molecule has 0 bridgehead atoms. The molecule has 4 aromatic rings. The van der Waals surface area contributed by atoms with Crippen LogP contribution < -0.4 is 10.4 Å². The SMILES string of the molecule is O=C(O)[C@H](Cc1c[nH]c2ccccc12)NC(=O)[C@H](Cc1ccccc1)NP(=O)(O)CCCCc1ccccc1. The highest BCUT2D eigenvalue weighted by molar-refractivity contribution is 7.55. The van der Waals surface area contributed by atoms with Crippen LogP contribution in [0.2, 0.25) is 0 Å². The number of aryl methyl sites for hydroxylation is 1. The Bertz CT molecular complexity index is 1420. The molecule has 0 aliphatic rings. The lowest BCUT2D eigenvalue weighted by molar-refractivity contribution is -0.142. The number of para-hydroxylation sites is 1. The molecule has 0 saturated heterocycles. The summed E-state index contributed by atoms with van der Waals surface area (Å²) in [6, 6.07) is 24.3. The Morgan fingerprint density at radius 3 is 2.15 bits per heavy atom. The Balaban J connectivity index is 1.43. The molecular weight excluding hydrogens is 513 g/mol. The van der Waals surface area contributed by atoms with Crippen LogP contribution in [-0.2, 0) is 33.4 Å². The fourth-order valence-electron chi connectivity index (χ4n) is 4.65. The Labute approximate surface area is 228 Å². The van der Waals surface area contributed by atoms with Crippen molar-refractivity contribution in [2.24, 2.45) is 0 Å². The molecule has 3 atom stereocenters. The van der Waals surface area contributed by atoms with Crippen molar-refractivity contribution in [3.63, 3.8) is 0 Å². The second kappa shape index (κ2) is 13.4. The van der Waals surface area contributed by atoms with Gasteiger partial charge in [-0.15, -0.1) is 0 Å². The molecule has 0 radical (unpaired) electrons. The molecule has 0 saturated carbocycles. The van der Waals surface area contributed by atoms with Crippen LogP contribution in [-0.4, -0.2) is 45.1 Å². The largest absolute Gasteiger partial charge is 0.480 e. The summed E-state index contributed by atoms with van der Waals surface area (Å²) < 4.78 is 13.1. The number of unbranched alkanes of at least 4 members (excludes halogenated alkanes) is 1. The highest BCUT2D eigenvalue weighted by atomic mass is 31.2. The van der Waals surface area contributed by atoms with Crippen molar-refractivity contribution in [1.29, 1.82) is 0 Å². The highest BCUT2D eigenvalue weighted by Crippen LogP contribution is 2.37. The van der Waals surface area contributed by atoms with Crippen molar-refractivity contribution < 1.29 is 24.2 Å². The first-order valence-corrected chi connectivity index (χ1v) is 14.9. The summed E-state index contributed by atoms with van der Waals surface area (Å²) >= 11 is 0. The number of rotatable bonds is 14. The number of hydrogen-bond acceptors (Lipinski definition) is 3. The smallest absolute Gasteiger partial charge is 0.326 e. The number of aromatic nitrogens is 1. The number of fused-ring (bicyclic) bond motifs is 1. The van der Waals surface area contributed by atoms with E-state index in [4.69, 9.17) is 0 Å². The number of aliphatic carboxylic acids is 1. The fraction of sp³-hybridized carbons (Fsp3) is 0.267. The molecule has 1 aromatic heterocycles. The maximum atomic E-state index is 13.4. The van der Waals surface area contributed by atoms with Crippen molar-refractivity contribution in [3.05, 3.63) is 108 Å². The fourth-order valence-corrected chi connectivity index (χ4v) is 6.12. The quantitative estimate of drug-likeness (QED) is 0.115. The van der Waals surface area contributed by atoms with E-state index in [1.165, 1.54) is 0 Å². The molecule has 204 valence electrons. The molecule has 1 amide bonds. The lowest BCUT2D eigenvalue weighted by Gasteiger charge is -2.24. The van der Waals surface area contributed by atoms with Crippen molar-refractivity contribution in [2.75, 3.05) is 6.16 Å². The molecule has 39 heavy (non-hydrogen) atoms. The number of H-pyrrole nitrogens is 1. The summed E-state index contributed by atoms with van der Waals surface area (Å²) in [5.41, 5.74) is 3.59. The predicted octanol–water partition coefficient (Wildman–Crippen LogP) is 4.69. The number of hydrogen-bond donors (Lipinski definition) is 5. The molecule has 5 N–H and O–H groups in total. The van der Waals surface area contributed by atoms with E-state index in [9.17, 15) is 24.2 Å².